The Balaban J connectivity index is 1.84. The number of halogens is 3. The molecule has 0 amide bonds. The lowest BCUT2D eigenvalue weighted by molar-refractivity contribution is -0.0516. The van der Waals surface area contributed by atoms with Crippen molar-refractivity contribution >= 4 is 34.8 Å². The van der Waals surface area contributed by atoms with Crippen LogP contribution in [0.4, 0.5) is 0 Å². The summed E-state index contributed by atoms with van der Waals surface area (Å²) < 4.78 is 6.24. The zero-order valence-corrected chi connectivity index (χ0v) is 13.6. The molecule has 2 aromatic rings. The Hall–Kier alpha value is -0.730. The van der Waals surface area contributed by atoms with Crippen LogP contribution in [0.5, 0.6) is 0 Å². The van der Waals surface area contributed by atoms with E-state index >= 15 is 0 Å². The molecule has 1 aliphatic heterocycles. The molecule has 3 unspecified atom stereocenters. The van der Waals surface area contributed by atoms with E-state index in [1.54, 1.807) is 6.07 Å². The molecule has 1 saturated heterocycles. The van der Waals surface area contributed by atoms with Crippen LogP contribution >= 0.6 is 34.8 Å². The predicted molar refractivity (Wildman–Crippen MR) is 88.3 cm³/mol. The van der Waals surface area contributed by atoms with E-state index in [0.717, 1.165) is 24.0 Å². The van der Waals surface area contributed by atoms with Crippen LogP contribution in [-0.2, 0) is 4.74 Å². The van der Waals surface area contributed by atoms with Crippen molar-refractivity contribution in [1.82, 2.24) is 0 Å². The van der Waals surface area contributed by atoms with Crippen LogP contribution in [0, 0.1) is 0 Å². The molecule has 0 radical (unpaired) electrons. The first kappa shape index (κ1) is 15.2. The monoisotopic (exact) mass is 340 g/mol. The van der Waals surface area contributed by atoms with E-state index < -0.39 is 0 Å². The van der Waals surface area contributed by atoms with Crippen molar-refractivity contribution in [3.05, 3.63) is 69.7 Å². The second-order valence-corrected chi connectivity index (χ2v) is 6.70. The summed E-state index contributed by atoms with van der Waals surface area (Å²) in [4.78, 5) is 0. The van der Waals surface area contributed by atoms with Gasteiger partial charge in [0.15, 0.2) is 0 Å². The lowest BCUT2D eigenvalue weighted by atomic mass is 9.94. The van der Waals surface area contributed by atoms with Gasteiger partial charge in [-0.05, 0) is 36.1 Å². The van der Waals surface area contributed by atoms with Gasteiger partial charge in [0.1, 0.15) is 0 Å². The van der Waals surface area contributed by atoms with Gasteiger partial charge in [-0.3, -0.25) is 0 Å². The highest BCUT2D eigenvalue weighted by Gasteiger charge is 2.30. The number of rotatable bonds is 2. The van der Waals surface area contributed by atoms with E-state index in [-0.39, 0.29) is 17.6 Å². The van der Waals surface area contributed by atoms with Crippen LogP contribution in [0.2, 0.25) is 10.0 Å². The molecule has 3 atom stereocenters. The minimum absolute atomic E-state index is 0.0157. The Bertz CT molecular complexity index is 615. The second kappa shape index (κ2) is 6.58. The lowest BCUT2D eigenvalue weighted by Gasteiger charge is -2.33. The van der Waals surface area contributed by atoms with Crippen molar-refractivity contribution in [3.63, 3.8) is 0 Å². The summed E-state index contributed by atoms with van der Waals surface area (Å²) in [5.74, 6) is 0. The fraction of sp³-hybridized carbons (Fsp3) is 0.294. The number of ether oxygens (including phenoxy) is 1. The molecule has 110 valence electrons. The summed E-state index contributed by atoms with van der Waals surface area (Å²) in [5, 5.41) is 1.19. The average Bonchev–Trinajstić information content (AvgIpc) is 2.50. The fourth-order valence-electron chi connectivity index (χ4n) is 2.68. The molecule has 21 heavy (non-hydrogen) atoms. The largest absolute Gasteiger partial charge is 0.365 e. The molecule has 0 aromatic heterocycles. The van der Waals surface area contributed by atoms with Gasteiger partial charge in [-0.25, -0.2) is 0 Å². The molecule has 1 nitrogen and oxygen atoms in total. The molecule has 4 heteroatoms. The highest BCUT2D eigenvalue weighted by atomic mass is 35.5. The van der Waals surface area contributed by atoms with Gasteiger partial charge in [-0.1, -0.05) is 59.6 Å². The summed E-state index contributed by atoms with van der Waals surface area (Å²) in [7, 11) is 0. The van der Waals surface area contributed by atoms with E-state index in [9.17, 15) is 0 Å². The summed E-state index contributed by atoms with van der Waals surface area (Å²) >= 11 is 18.5. The maximum Gasteiger partial charge on any atom is 0.0847 e. The number of hydrogen-bond donors (Lipinski definition) is 0. The minimum Gasteiger partial charge on any atom is -0.365 e. The van der Waals surface area contributed by atoms with E-state index in [0.29, 0.717) is 10.0 Å². The minimum atomic E-state index is -0.0544. The highest BCUT2D eigenvalue weighted by Crippen LogP contribution is 2.41. The zero-order chi connectivity index (χ0) is 14.8. The lowest BCUT2D eigenvalue weighted by Crippen LogP contribution is -2.23. The molecular formula is C17H15Cl3O. The second-order valence-electron chi connectivity index (χ2n) is 5.27. The van der Waals surface area contributed by atoms with Crippen LogP contribution in [0.25, 0.3) is 0 Å². The van der Waals surface area contributed by atoms with Crippen molar-refractivity contribution < 1.29 is 4.74 Å². The molecule has 1 heterocycles. The average molecular weight is 342 g/mol. The third-order valence-corrected chi connectivity index (χ3v) is 4.85. The van der Waals surface area contributed by atoms with Gasteiger partial charge in [0.2, 0.25) is 0 Å². The molecule has 2 aromatic carbocycles. The van der Waals surface area contributed by atoms with Crippen LogP contribution in [0.3, 0.4) is 0 Å². The third kappa shape index (κ3) is 3.54. The van der Waals surface area contributed by atoms with Gasteiger partial charge in [0.25, 0.3) is 0 Å². The zero-order valence-electron chi connectivity index (χ0n) is 11.3. The van der Waals surface area contributed by atoms with Crippen molar-refractivity contribution in [3.8, 4) is 0 Å². The smallest absolute Gasteiger partial charge is 0.0847 e. The van der Waals surface area contributed by atoms with Crippen molar-refractivity contribution in [2.75, 3.05) is 0 Å². The normalized spacial score (nSPS) is 25.8. The maximum atomic E-state index is 6.44. The SMILES string of the molecule is Clc1ccc(C2CC(Cl)CC(c3ccccc3)O2)cc1Cl. The number of hydrogen-bond acceptors (Lipinski definition) is 1. The Kier molecular flexibility index (Phi) is 4.75. The van der Waals surface area contributed by atoms with E-state index in [1.807, 2.05) is 30.3 Å². The van der Waals surface area contributed by atoms with Gasteiger partial charge in [-0.15, -0.1) is 11.6 Å². The summed E-state index contributed by atoms with van der Waals surface area (Å²) in [6.45, 7) is 0. The van der Waals surface area contributed by atoms with Gasteiger partial charge in [0.05, 0.1) is 22.3 Å². The standard InChI is InChI=1S/C17H15Cl3O/c18-13-9-16(11-4-2-1-3-5-11)21-17(10-13)12-6-7-14(19)15(20)8-12/h1-8,13,16-17H,9-10H2. The molecule has 0 saturated carbocycles. The van der Waals surface area contributed by atoms with E-state index in [1.165, 1.54) is 0 Å². The fourth-order valence-corrected chi connectivity index (χ4v) is 3.31. The van der Waals surface area contributed by atoms with Gasteiger partial charge < -0.3 is 4.74 Å². The van der Waals surface area contributed by atoms with Crippen molar-refractivity contribution in [1.29, 1.82) is 0 Å². The molecular weight excluding hydrogens is 327 g/mol. The molecule has 0 bridgehead atoms. The highest BCUT2D eigenvalue weighted by molar-refractivity contribution is 6.42. The van der Waals surface area contributed by atoms with Crippen LogP contribution in [0.1, 0.15) is 36.2 Å². The Morgan fingerprint density at radius 3 is 2.14 bits per heavy atom. The molecule has 0 aliphatic carbocycles. The predicted octanol–water partition coefficient (Wildman–Crippen LogP) is 6.19. The van der Waals surface area contributed by atoms with Crippen LogP contribution in [-0.4, -0.2) is 5.38 Å². The molecule has 0 N–H and O–H groups in total. The topological polar surface area (TPSA) is 9.23 Å². The molecule has 1 aliphatic rings. The van der Waals surface area contributed by atoms with Gasteiger partial charge in [0, 0.05) is 5.38 Å². The number of alkyl halides is 1. The van der Waals surface area contributed by atoms with Crippen LogP contribution in [0.15, 0.2) is 48.5 Å². The van der Waals surface area contributed by atoms with E-state index in [2.05, 4.69) is 12.1 Å². The summed E-state index contributed by atoms with van der Waals surface area (Å²) in [5.41, 5.74) is 2.18. The molecule has 0 spiro atoms. The van der Waals surface area contributed by atoms with Crippen molar-refractivity contribution in [2.24, 2.45) is 0 Å². The molecule has 3 rings (SSSR count). The van der Waals surface area contributed by atoms with Crippen molar-refractivity contribution in [2.45, 2.75) is 30.4 Å². The third-order valence-electron chi connectivity index (χ3n) is 3.75. The van der Waals surface area contributed by atoms with E-state index in [4.69, 9.17) is 39.5 Å². The quantitative estimate of drug-likeness (QED) is 0.591. The van der Waals surface area contributed by atoms with Gasteiger partial charge >= 0.3 is 0 Å². The first-order valence-electron chi connectivity index (χ1n) is 6.93. The number of benzene rings is 2. The Morgan fingerprint density at radius 1 is 0.810 bits per heavy atom. The van der Waals surface area contributed by atoms with Gasteiger partial charge in [-0.2, -0.15) is 0 Å². The summed E-state index contributed by atoms with van der Waals surface area (Å²) in [6, 6.07) is 15.8. The Labute approximate surface area is 139 Å². The first-order valence-corrected chi connectivity index (χ1v) is 8.12. The molecule has 1 fully saturated rings. The summed E-state index contributed by atoms with van der Waals surface area (Å²) in [6.07, 6.45) is 1.56. The maximum absolute atomic E-state index is 6.44. The Morgan fingerprint density at radius 2 is 1.48 bits per heavy atom. The first-order chi connectivity index (χ1) is 10.1. The van der Waals surface area contributed by atoms with Crippen LogP contribution < -0.4 is 0 Å².